The predicted molar refractivity (Wildman–Crippen MR) is 87.8 cm³/mol. The minimum Gasteiger partial charge on any atom is -1.00 e. The van der Waals surface area contributed by atoms with Gasteiger partial charge in [-0.05, 0) is 5.56 Å². The lowest BCUT2D eigenvalue weighted by molar-refractivity contribution is -0.932. The van der Waals surface area contributed by atoms with Crippen LogP contribution in [-0.2, 0) is 20.8 Å². The molecule has 2 aliphatic heterocycles. The molecule has 0 bridgehead atoms. The Morgan fingerprint density at radius 1 is 0.800 bits per heavy atom. The zero-order valence-electron chi connectivity index (χ0n) is 14.7. The highest BCUT2D eigenvalue weighted by atomic mass is 35.5. The van der Waals surface area contributed by atoms with Crippen LogP contribution in [0.3, 0.4) is 0 Å². The van der Waals surface area contributed by atoms with Crippen molar-refractivity contribution < 1.29 is 48.8 Å². The molecule has 2 heterocycles. The van der Waals surface area contributed by atoms with Crippen LogP contribution in [0.25, 0.3) is 0 Å². The highest BCUT2D eigenvalue weighted by Crippen LogP contribution is 2.02. The molecule has 25 heavy (non-hydrogen) atoms. The summed E-state index contributed by atoms with van der Waals surface area (Å²) in [5, 5.41) is 0. The molecule has 0 spiro atoms. The maximum absolute atomic E-state index is 6.31. The highest BCUT2D eigenvalue weighted by Gasteiger charge is 2.26. The van der Waals surface area contributed by atoms with Crippen LogP contribution in [0, 0.1) is 0 Å². The molecule has 1 aromatic rings. The molecular weight excluding hydrogens is 363 g/mol. The van der Waals surface area contributed by atoms with Gasteiger partial charge in [0.25, 0.3) is 0 Å². The predicted octanol–water partition coefficient (Wildman–Crippen LogP) is -7.59. The van der Waals surface area contributed by atoms with Crippen molar-refractivity contribution in [2.75, 3.05) is 65.7 Å². The lowest BCUT2D eigenvalue weighted by Crippen LogP contribution is -3.18. The van der Waals surface area contributed by atoms with Crippen molar-refractivity contribution in [1.82, 2.24) is 0 Å². The third kappa shape index (κ3) is 8.22. The number of ether oxygens (including phenoxy) is 3. The SMILES string of the molecule is [Cl-].[Cl-].c1ccc(COC(C[NH+]2CCOCC2)C[NH+]2CCOCC2)cc1. The minimum atomic E-state index is 0. The van der Waals surface area contributed by atoms with E-state index >= 15 is 0 Å². The molecule has 2 saturated heterocycles. The quantitative estimate of drug-likeness (QED) is 0.484. The largest absolute Gasteiger partial charge is 1.00 e. The Hall–Kier alpha value is -0.400. The summed E-state index contributed by atoms with van der Waals surface area (Å²) in [6, 6.07) is 10.5. The summed E-state index contributed by atoms with van der Waals surface area (Å²) in [6.45, 7) is 10.8. The van der Waals surface area contributed by atoms with Crippen LogP contribution >= 0.6 is 0 Å². The zero-order chi connectivity index (χ0) is 15.7. The van der Waals surface area contributed by atoms with Crippen LogP contribution in [0.1, 0.15) is 5.56 Å². The van der Waals surface area contributed by atoms with Gasteiger partial charge in [-0.15, -0.1) is 0 Å². The molecule has 0 atom stereocenters. The standard InChI is InChI=1S/C18H28N2O3.2ClH/c1-2-4-17(5-3-1)16-23-18(14-19-6-10-21-11-7-19)15-20-8-12-22-13-9-20;;/h1-5,18H,6-16H2;2*1H. The molecular formula is C18H30Cl2N2O3. The Labute approximate surface area is 163 Å². The molecule has 2 aliphatic rings. The third-order valence-electron chi connectivity index (χ3n) is 4.76. The van der Waals surface area contributed by atoms with Crippen molar-refractivity contribution in [2.45, 2.75) is 12.7 Å². The minimum absolute atomic E-state index is 0. The van der Waals surface area contributed by atoms with Gasteiger partial charge in [0.2, 0.25) is 0 Å². The highest BCUT2D eigenvalue weighted by molar-refractivity contribution is 5.13. The topological polar surface area (TPSA) is 36.6 Å². The van der Waals surface area contributed by atoms with E-state index in [4.69, 9.17) is 14.2 Å². The number of nitrogens with one attached hydrogen (secondary N) is 2. The van der Waals surface area contributed by atoms with Gasteiger partial charge in [0.1, 0.15) is 39.3 Å². The van der Waals surface area contributed by atoms with Gasteiger partial charge in [-0.2, -0.15) is 0 Å². The first-order valence-corrected chi connectivity index (χ1v) is 8.88. The molecule has 2 fully saturated rings. The molecule has 2 N–H and O–H groups in total. The summed E-state index contributed by atoms with van der Waals surface area (Å²) in [4.78, 5) is 3.23. The summed E-state index contributed by atoms with van der Waals surface area (Å²) in [6.07, 6.45) is 0.302. The normalized spacial score (nSPS) is 19.2. The van der Waals surface area contributed by atoms with Gasteiger partial charge < -0.3 is 48.8 Å². The second-order valence-corrected chi connectivity index (χ2v) is 6.55. The van der Waals surface area contributed by atoms with Gasteiger partial charge in [0, 0.05) is 0 Å². The van der Waals surface area contributed by atoms with Crippen LogP contribution in [-0.4, -0.2) is 71.8 Å². The van der Waals surface area contributed by atoms with E-state index < -0.39 is 0 Å². The van der Waals surface area contributed by atoms with Crippen LogP contribution in [0.4, 0.5) is 0 Å². The van der Waals surface area contributed by atoms with Gasteiger partial charge in [-0.25, -0.2) is 0 Å². The molecule has 3 rings (SSSR count). The number of benzene rings is 1. The molecule has 1 aromatic carbocycles. The van der Waals surface area contributed by atoms with E-state index in [2.05, 4.69) is 30.3 Å². The Kier molecular flexibility index (Phi) is 11.7. The van der Waals surface area contributed by atoms with Gasteiger partial charge in [0.05, 0.1) is 33.0 Å². The molecule has 0 saturated carbocycles. The zero-order valence-corrected chi connectivity index (χ0v) is 16.2. The Bertz CT molecular complexity index is 421. The second kappa shape index (κ2) is 12.9. The fourth-order valence-corrected chi connectivity index (χ4v) is 3.35. The number of rotatable bonds is 7. The van der Waals surface area contributed by atoms with E-state index in [-0.39, 0.29) is 24.8 Å². The number of halogens is 2. The number of quaternary nitrogens is 2. The van der Waals surface area contributed by atoms with E-state index in [1.807, 2.05) is 0 Å². The monoisotopic (exact) mass is 392 g/mol. The van der Waals surface area contributed by atoms with Gasteiger partial charge in [0.15, 0.2) is 6.10 Å². The summed E-state index contributed by atoms with van der Waals surface area (Å²) in [7, 11) is 0. The lowest BCUT2D eigenvalue weighted by Gasteiger charge is -2.31. The van der Waals surface area contributed by atoms with Gasteiger partial charge >= 0.3 is 0 Å². The van der Waals surface area contributed by atoms with Crippen LogP contribution in [0.2, 0.25) is 0 Å². The second-order valence-electron chi connectivity index (χ2n) is 6.55. The third-order valence-corrected chi connectivity index (χ3v) is 4.76. The first-order valence-electron chi connectivity index (χ1n) is 8.88. The average Bonchev–Trinajstić information content (AvgIpc) is 2.62. The van der Waals surface area contributed by atoms with Crippen molar-refractivity contribution in [3.05, 3.63) is 35.9 Å². The molecule has 0 aromatic heterocycles. The first kappa shape index (κ1) is 22.6. The molecule has 5 nitrogen and oxygen atoms in total. The summed E-state index contributed by atoms with van der Waals surface area (Å²) < 4.78 is 17.3. The maximum Gasteiger partial charge on any atom is 0.155 e. The number of morpholine rings is 2. The van der Waals surface area contributed by atoms with Gasteiger partial charge in [-0.1, -0.05) is 30.3 Å². The summed E-state index contributed by atoms with van der Waals surface area (Å²) in [5.74, 6) is 0. The molecule has 144 valence electrons. The van der Waals surface area contributed by atoms with Crippen LogP contribution < -0.4 is 34.6 Å². The van der Waals surface area contributed by atoms with Crippen LogP contribution in [0.15, 0.2) is 30.3 Å². The van der Waals surface area contributed by atoms with E-state index in [1.54, 1.807) is 9.80 Å². The maximum atomic E-state index is 6.31. The van der Waals surface area contributed by atoms with Crippen LogP contribution in [0.5, 0.6) is 0 Å². The van der Waals surface area contributed by atoms with Crippen molar-refractivity contribution in [3.63, 3.8) is 0 Å². The smallest absolute Gasteiger partial charge is 0.155 e. The fraction of sp³-hybridized carbons (Fsp3) is 0.667. The van der Waals surface area contributed by atoms with E-state index in [1.165, 1.54) is 5.56 Å². The van der Waals surface area contributed by atoms with E-state index in [9.17, 15) is 0 Å². The first-order chi connectivity index (χ1) is 11.4. The molecule has 0 unspecified atom stereocenters. The Morgan fingerprint density at radius 2 is 1.28 bits per heavy atom. The summed E-state index contributed by atoms with van der Waals surface area (Å²) >= 11 is 0. The van der Waals surface area contributed by atoms with Crippen molar-refractivity contribution in [2.24, 2.45) is 0 Å². The lowest BCUT2D eigenvalue weighted by atomic mass is 10.2. The van der Waals surface area contributed by atoms with E-state index in [0.717, 1.165) is 65.7 Å². The summed E-state index contributed by atoms with van der Waals surface area (Å²) in [5.41, 5.74) is 1.26. The number of hydrogen-bond acceptors (Lipinski definition) is 3. The Morgan fingerprint density at radius 3 is 1.76 bits per heavy atom. The Balaban J connectivity index is 0.00000156. The van der Waals surface area contributed by atoms with Crippen molar-refractivity contribution in [1.29, 1.82) is 0 Å². The van der Waals surface area contributed by atoms with Crippen molar-refractivity contribution >= 4 is 0 Å². The molecule has 0 radical (unpaired) electrons. The number of hydrogen-bond donors (Lipinski definition) is 2. The molecule has 7 heteroatoms. The van der Waals surface area contributed by atoms with E-state index in [0.29, 0.717) is 12.7 Å². The van der Waals surface area contributed by atoms with Gasteiger partial charge in [-0.3, -0.25) is 0 Å². The fourth-order valence-electron chi connectivity index (χ4n) is 3.35. The average molecular weight is 393 g/mol. The molecule has 0 aliphatic carbocycles. The van der Waals surface area contributed by atoms with Crippen molar-refractivity contribution in [3.8, 4) is 0 Å². The molecule has 0 amide bonds.